The van der Waals surface area contributed by atoms with Crippen LogP contribution in [0.1, 0.15) is 30.0 Å². The summed E-state index contributed by atoms with van der Waals surface area (Å²) in [5, 5.41) is 9.70. The fourth-order valence-corrected chi connectivity index (χ4v) is 1.98. The summed E-state index contributed by atoms with van der Waals surface area (Å²) in [4.78, 5) is 13.1. The molecule has 4 nitrogen and oxygen atoms in total. The maximum atomic E-state index is 10.8. The highest BCUT2D eigenvalue weighted by atomic mass is 16.4. The molecule has 0 aliphatic rings. The largest absolute Gasteiger partial charge is 0.475 e. The average molecular weight is 247 g/mol. The molecular formula is C14H17NO3. The van der Waals surface area contributed by atoms with E-state index in [1.165, 1.54) is 0 Å². The van der Waals surface area contributed by atoms with Gasteiger partial charge in [0.2, 0.25) is 5.76 Å². The SMILES string of the molecule is CCN(CC)Cc1ccc2cc(C(=O)O)oc2c1. The summed E-state index contributed by atoms with van der Waals surface area (Å²) in [5.74, 6) is -1.04. The van der Waals surface area contributed by atoms with Crippen LogP contribution in [0.2, 0.25) is 0 Å². The molecule has 1 aromatic carbocycles. The van der Waals surface area contributed by atoms with E-state index in [1.54, 1.807) is 6.07 Å². The molecule has 0 fully saturated rings. The first-order valence-corrected chi connectivity index (χ1v) is 6.12. The van der Waals surface area contributed by atoms with Crippen LogP contribution in [-0.2, 0) is 6.54 Å². The van der Waals surface area contributed by atoms with E-state index < -0.39 is 5.97 Å². The lowest BCUT2D eigenvalue weighted by Gasteiger charge is -2.17. The Morgan fingerprint density at radius 3 is 2.61 bits per heavy atom. The standard InChI is InChI=1S/C14H17NO3/c1-3-15(4-2)9-10-5-6-11-8-13(14(16)17)18-12(11)7-10/h5-8H,3-4,9H2,1-2H3,(H,16,17). The molecule has 0 amide bonds. The van der Waals surface area contributed by atoms with Gasteiger partial charge in [0, 0.05) is 11.9 Å². The van der Waals surface area contributed by atoms with Crippen molar-refractivity contribution in [2.45, 2.75) is 20.4 Å². The van der Waals surface area contributed by atoms with Crippen LogP contribution >= 0.6 is 0 Å². The van der Waals surface area contributed by atoms with E-state index in [2.05, 4.69) is 18.7 Å². The molecule has 0 spiro atoms. The molecule has 0 aliphatic heterocycles. The number of hydrogen-bond donors (Lipinski definition) is 1. The Kier molecular flexibility index (Phi) is 3.67. The van der Waals surface area contributed by atoms with Gasteiger partial charge >= 0.3 is 5.97 Å². The third kappa shape index (κ3) is 2.54. The number of fused-ring (bicyclic) bond motifs is 1. The number of carboxylic acid groups (broad SMARTS) is 1. The fraction of sp³-hybridized carbons (Fsp3) is 0.357. The number of hydrogen-bond acceptors (Lipinski definition) is 3. The van der Waals surface area contributed by atoms with Crippen molar-refractivity contribution >= 4 is 16.9 Å². The lowest BCUT2D eigenvalue weighted by Crippen LogP contribution is -2.21. The lowest BCUT2D eigenvalue weighted by atomic mass is 10.1. The molecule has 18 heavy (non-hydrogen) atoms. The highest BCUT2D eigenvalue weighted by molar-refractivity contribution is 5.91. The van der Waals surface area contributed by atoms with Gasteiger partial charge in [0.25, 0.3) is 0 Å². The second-order valence-electron chi connectivity index (χ2n) is 4.25. The number of rotatable bonds is 5. The number of benzene rings is 1. The molecule has 2 aromatic rings. The number of furan rings is 1. The van der Waals surface area contributed by atoms with E-state index in [0.717, 1.165) is 30.6 Å². The van der Waals surface area contributed by atoms with E-state index >= 15 is 0 Å². The molecule has 1 N–H and O–H groups in total. The molecule has 0 saturated heterocycles. The van der Waals surface area contributed by atoms with Gasteiger partial charge in [-0.15, -0.1) is 0 Å². The van der Waals surface area contributed by atoms with Crippen molar-refractivity contribution in [3.63, 3.8) is 0 Å². The molecule has 0 aliphatic carbocycles. The summed E-state index contributed by atoms with van der Waals surface area (Å²) < 4.78 is 5.30. The smallest absolute Gasteiger partial charge is 0.371 e. The van der Waals surface area contributed by atoms with Crippen molar-refractivity contribution in [2.24, 2.45) is 0 Å². The average Bonchev–Trinajstić information content (AvgIpc) is 2.79. The predicted octanol–water partition coefficient (Wildman–Crippen LogP) is 2.97. The minimum absolute atomic E-state index is 0.00927. The Morgan fingerprint density at radius 2 is 2.00 bits per heavy atom. The van der Waals surface area contributed by atoms with Gasteiger partial charge in [0.05, 0.1) is 0 Å². The molecule has 0 radical (unpaired) electrons. The Bertz CT molecular complexity index is 555. The second kappa shape index (κ2) is 5.23. The lowest BCUT2D eigenvalue weighted by molar-refractivity contribution is 0.0665. The Labute approximate surface area is 106 Å². The highest BCUT2D eigenvalue weighted by Crippen LogP contribution is 2.21. The van der Waals surface area contributed by atoms with Crippen LogP contribution in [0.5, 0.6) is 0 Å². The molecule has 0 bridgehead atoms. The number of carbonyl (C=O) groups is 1. The third-order valence-electron chi connectivity index (χ3n) is 3.10. The van der Waals surface area contributed by atoms with E-state index in [9.17, 15) is 4.79 Å². The normalized spacial score (nSPS) is 11.3. The van der Waals surface area contributed by atoms with Crippen molar-refractivity contribution < 1.29 is 14.3 Å². The minimum atomic E-state index is -1.03. The van der Waals surface area contributed by atoms with Crippen LogP contribution < -0.4 is 0 Å². The van der Waals surface area contributed by atoms with Crippen LogP contribution in [0.25, 0.3) is 11.0 Å². The highest BCUT2D eigenvalue weighted by Gasteiger charge is 2.11. The Morgan fingerprint density at radius 1 is 1.28 bits per heavy atom. The maximum Gasteiger partial charge on any atom is 0.371 e. The summed E-state index contributed by atoms with van der Waals surface area (Å²) in [5.41, 5.74) is 1.77. The van der Waals surface area contributed by atoms with Gasteiger partial charge in [-0.3, -0.25) is 4.90 Å². The molecule has 1 heterocycles. The van der Waals surface area contributed by atoms with E-state index in [1.807, 2.05) is 18.2 Å². The third-order valence-corrected chi connectivity index (χ3v) is 3.10. The first-order chi connectivity index (χ1) is 8.63. The van der Waals surface area contributed by atoms with Gasteiger partial charge in [-0.05, 0) is 30.8 Å². The molecule has 1 aromatic heterocycles. The van der Waals surface area contributed by atoms with Crippen molar-refractivity contribution in [1.29, 1.82) is 0 Å². The van der Waals surface area contributed by atoms with E-state index in [-0.39, 0.29) is 5.76 Å². The van der Waals surface area contributed by atoms with Gasteiger partial charge in [-0.1, -0.05) is 26.0 Å². The quantitative estimate of drug-likeness (QED) is 0.882. The zero-order chi connectivity index (χ0) is 13.1. The van der Waals surface area contributed by atoms with Crippen LogP contribution in [0.4, 0.5) is 0 Å². The maximum absolute atomic E-state index is 10.8. The summed E-state index contributed by atoms with van der Waals surface area (Å²) >= 11 is 0. The van der Waals surface area contributed by atoms with E-state index in [4.69, 9.17) is 9.52 Å². The fourth-order valence-electron chi connectivity index (χ4n) is 1.98. The molecule has 4 heteroatoms. The van der Waals surface area contributed by atoms with Crippen LogP contribution in [-0.4, -0.2) is 29.1 Å². The molecule has 0 saturated carbocycles. The number of aromatic carboxylic acids is 1. The first-order valence-electron chi connectivity index (χ1n) is 6.12. The van der Waals surface area contributed by atoms with E-state index in [0.29, 0.717) is 5.58 Å². The number of nitrogens with zero attached hydrogens (tertiary/aromatic N) is 1. The van der Waals surface area contributed by atoms with Crippen molar-refractivity contribution in [1.82, 2.24) is 4.90 Å². The number of carboxylic acids is 1. The zero-order valence-corrected chi connectivity index (χ0v) is 10.6. The van der Waals surface area contributed by atoms with Gasteiger partial charge < -0.3 is 9.52 Å². The summed E-state index contributed by atoms with van der Waals surface area (Å²) in [7, 11) is 0. The summed E-state index contributed by atoms with van der Waals surface area (Å²) in [6.07, 6.45) is 0. The van der Waals surface area contributed by atoms with Crippen molar-refractivity contribution in [3.8, 4) is 0 Å². The Hall–Kier alpha value is -1.81. The molecule has 0 atom stereocenters. The van der Waals surface area contributed by atoms with Gasteiger partial charge in [-0.25, -0.2) is 4.79 Å². The Balaban J connectivity index is 2.29. The van der Waals surface area contributed by atoms with Crippen LogP contribution in [0.15, 0.2) is 28.7 Å². The van der Waals surface area contributed by atoms with Gasteiger partial charge in [0.1, 0.15) is 5.58 Å². The monoisotopic (exact) mass is 247 g/mol. The molecule has 2 rings (SSSR count). The van der Waals surface area contributed by atoms with Crippen molar-refractivity contribution in [2.75, 3.05) is 13.1 Å². The van der Waals surface area contributed by atoms with Gasteiger partial charge in [-0.2, -0.15) is 0 Å². The summed E-state index contributed by atoms with van der Waals surface area (Å²) in [6, 6.07) is 7.39. The molecule has 0 unspecified atom stereocenters. The second-order valence-corrected chi connectivity index (χ2v) is 4.25. The minimum Gasteiger partial charge on any atom is -0.475 e. The predicted molar refractivity (Wildman–Crippen MR) is 69.8 cm³/mol. The zero-order valence-electron chi connectivity index (χ0n) is 10.6. The first kappa shape index (κ1) is 12.6. The van der Waals surface area contributed by atoms with Crippen LogP contribution in [0, 0.1) is 0 Å². The molecule has 96 valence electrons. The summed E-state index contributed by atoms with van der Waals surface area (Å²) in [6.45, 7) is 7.08. The van der Waals surface area contributed by atoms with Gasteiger partial charge in [0.15, 0.2) is 0 Å². The topological polar surface area (TPSA) is 53.7 Å². The molecular weight excluding hydrogens is 230 g/mol. The van der Waals surface area contributed by atoms with Crippen molar-refractivity contribution in [3.05, 3.63) is 35.6 Å². The van der Waals surface area contributed by atoms with Crippen LogP contribution in [0.3, 0.4) is 0 Å².